The van der Waals surface area contributed by atoms with Crippen molar-refractivity contribution in [2.75, 3.05) is 23.7 Å². The van der Waals surface area contributed by atoms with E-state index in [1.165, 1.54) is 22.9 Å². The number of nitrogens with zero attached hydrogens (tertiary/aromatic N) is 4. The number of piperidine rings is 1. The molecule has 2 amide bonds. The Morgan fingerprint density at radius 3 is 2.47 bits per heavy atom. The number of likely N-dealkylation sites (tertiary alicyclic amines) is 1. The van der Waals surface area contributed by atoms with Gasteiger partial charge < -0.3 is 10.6 Å². The van der Waals surface area contributed by atoms with E-state index < -0.39 is 6.04 Å². The van der Waals surface area contributed by atoms with Gasteiger partial charge in [-0.05, 0) is 56.1 Å². The van der Waals surface area contributed by atoms with Gasteiger partial charge in [0.15, 0.2) is 0 Å². The summed E-state index contributed by atoms with van der Waals surface area (Å²) < 4.78 is 1.50. The van der Waals surface area contributed by atoms with Gasteiger partial charge in [-0.25, -0.2) is 9.67 Å². The molecule has 2 atom stereocenters. The number of hydrogen-bond donors (Lipinski definition) is 2. The molecule has 1 aromatic heterocycles. The van der Waals surface area contributed by atoms with Crippen molar-refractivity contribution in [1.29, 1.82) is 0 Å². The molecular formula is C24H28N6O2. The number of aromatic nitrogens is 3. The highest BCUT2D eigenvalue weighted by molar-refractivity contribution is 5.95. The molecule has 0 spiro atoms. The second-order valence-electron chi connectivity index (χ2n) is 8.17. The molecule has 1 aliphatic rings. The molecular weight excluding hydrogens is 404 g/mol. The van der Waals surface area contributed by atoms with Gasteiger partial charge in [0, 0.05) is 24.5 Å². The second kappa shape index (κ2) is 10.2. The van der Waals surface area contributed by atoms with Crippen LogP contribution in [0.3, 0.4) is 0 Å². The molecule has 8 heteroatoms. The summed E-state index contributed by atoms with van der Waals surface area (Å²) in [5.74, 6) is -0.178. The monoisotopic (exact) mass is 432 g/mol. The summed E-state index contributed by atoms with van der Waals surface area (Å²) in [6.45, 7) is 4.39. The molecule has 1 fully saturated rings. The van der Waals surface area contributed by atoms with Crippen molar-refractivity contribution in [3.63, 3.8) is 0 Å². The minimum Gasteiger partial charge on any atom is -0.326 e. The maximum Gasteiger partial charge on any atom is 0.249 e. The Morgan fingerprint density at radius 2 is 1.78 bits per heavy atom. The van der Waals surface area contributed by atoms with Crippen LogP contribution in [0.4, 0.5) is 11.4 Å². The first-order valence-corrected chi connectivity index (χ1v) is 10.9. The maximum absolute atomic E-state index is 12.8. The standard InChI is InChI=1S/C24H28N6O2/c1-18(30-17-25-16-26-30)23(31)27-21-9-11-22(12-10-21)28-24(32)20-8-5-13-29(15-20)14-19-6-3-2-4-7-19/h2-4,6-7,9-12,16-18,20H,5,8,13-15H2,1H3,(H,27,31)(H,28,32). The Labute approximate surface area is 187 Å². The van der Waals surface area contributed by atoms with Crippen molar-refractivity contribution >= 4 is 23.2 Å². The molecule has 0 saturated carbocycles. The summed E-state index contributed by atoms with van der Waals surface area (Å²) in [6.07, 6.45) is 4.81. The van der Waals surface area contributed by atoms with E-state index >= 15 is 0 Å². The third-order valence-electron chi connectivity index (χ3n) is 5.76. The third-order valence-corrected chi connectivity index (χ3v) is 5.76. The van der Waals surface area contributed by atoms with E-state index in [-0.39, 0.29) is 17.7 Å². The second-order valence-corrected chi connectivity index (χ2v) is 8.17. The van der Waals surface area contributed by atoms with Gasteiger partial charge in [0.2, 0.25) is 11.8 Å². The molecule has 3 aromatic rings. The minimum absolute atomic E-state index is 0.0321. The topological polar surface area (TPSA) is 92.2 Å². The van der Waals surface area contributed by atoms with Crippen molar-refractivity contribution in [3.05, 3.63) is 72.8 Å². The zero-order valence-corrected chi connectivity index (χ0v) is 18.1. The summed E-state index contributed by atoms with van der Waals surface area (Å²) >= 11 is 0. The summed E-state index contributed by atoms with van der Waals surface area (Å²) in [5, 5.41) is 9.87. The fourth-order valence-electron chi connectivity index (χ4n) is 3.92. The van der Waals surface area contributed by atoms with Crippen molar-refractivity contribution in [2.24, 2.45) is 5.92 Å². The van der Waals surface area contributed by atoms with E-state index in [1.54, 1.807) is 31.2 Å². The van der Waals surface area contributed by atoms with Crippen LogP contribution >= 0.6 is 0 Å². The first-order valence-electron chi connectivity index (χ1n) is 10.9. The summed E-state index contributed by atoms with van der Waals surface area (Å²) in [4.78, 5) is 31.4. The van der Waals surface area contributed by atoms with Crippen LogP contribution in [0.5, 0.6) is 0 Å². The number of anilines is 2. The maximum atomic E-state index is 12.8. The van der Waals surface area contributed by atoms with Crippen LogP contribution in [0.25, 0.3) is 0 Å². The van der Waals surface area contributed by atoms with Gasteiger partial charge in [-0.2, -0.15) is 5.10 Å². The van der Waals surface area contributed by atoms with Crippen molar-refractivity contribution < 1.29 is 9.59 Å². The molecule has 2 heterocycles. The van der Waals surface area contributed by atoms with Crippen LogP contribution in [-0.4, -0.2) is 44.6 Å². The normalized spacial score (nSPS) is 17.5. The molecule has 2 N–H and O–H groups in total. The smallest absolute Gasteiger partial charge is 0.249 e. The fourth-order valence-corrected chi connectivity index (χ4v) is 3.92. The molecule has 1 saturated heterocycles. The van der Waals surface area contributed by atoms with Crippen LogP contribution in [0.1, 0.15) is 31.4 Å². The lowest BCUT2D eigenvalue weighted by molar-refractivity contribution is -0.121. The Hall–Kier alpha value is -3.52. The third kappa shape index (κ3) is 5.59. The number of benzene rings is 2. The molecule has 8 nitrogen and oxygen atoms in total. The van der Waals surface area contributed by atoms with E-state index in [2.05, 4.69) is 37.7 Å². The van der Waals surface area contributed by atoms with Crippen molar-refractivity contribution in [3.8, 4) is 0 Å². The van der Waals surface area contributed by atoms with Crippen LogP contribution in [0, 0.1) is 5.92 Å². The number of rotatable bonds is 7. The van der Waals surface area contributed by atoms with Gasteiger partial charge in [0.25, 0.3) is 0 Å². The molecule has 0 radical (unpaired) electrons. The minimum atomic E-state index is -0.470. The van der Waals surface area contributed by atoms with Gasteiger partial charge in [-0.15, -0.1) is 0 Å². The Bertz CT molecular complexity index is 1020. The molecule has 0 bridgehead atoms. The van der Waals surface area contributed by atoms with E-state index in [0.29, 0.717) is 5.69 Å². The zero-order valence-electron chi connectivity index (χ0n) is 18.1. The largest absolute Gasteiger partial charge is 0.326 e. The fraction of sp³-hybridized carbons (Fsp3) is 0.333. The lowest BCUT2D eigenvalue weighted by atomic mass is 9.96. The van der Waals surface area contributed by atoms with Crippen molar-refractivity contribution in [2.45, 2.75) is 32.4 Å². The highest BCUT2D eigenvalue weighted by Crippen LogP contribution is 2.21. The summed E-state index contributed by atoms with van der Waals surface area (Å²) in [5.41, 5.74) is 2.65. The van der Waals surface area contributed by atoms with Crippen LogP contribution in [0.2, 0.25) is 0 Å². The average molecular weight is 433 g/mol. The molecule has 1 aliphatic heterocycles. The van der Waals surface area contributed by atoms with E-state index in [4.69, 9.17) is 0 Å². The molecule has 2 aromatic carbocycles. The summed E-state index contributed by atoms with van der Waals surface area (Å²) in [7, 11) is 0. The number of amides is 2. The predicted octanol–water partition coefficient (Wildman–Crippen LogP) is 3.33. The molecule has 166 valence electrons. The lowest BCUT2D eigenvalue weighted by Crippen LogP contribution is -2.40. The van der Waals surface area contributed by atoms with E-state index in [0.717, 1.165) is 38.2 Å². The van der Waals surface area contributed by atoms with E-state index in [1.807, 2.05) is 18.2 Å². The van der Waals surface area contributed by atoms with Gasteiger partial charge >= 0.3 is 0 Å². The Kier molecular flexibility index (Phi) is 6.91. The van der Waals surface area contributed by atoms with Gasteiger partial charge in [0.1, 0.15) is 18.7 Å². The summed E-state index contributed by atoms with van der Waals surface area (Å²) in [6, 6.07) is 17.1. The SMILES string of the molecule is CC(C(=O)Nc1ccc(NC(=O)C2CCCN(Cc3ccccc3)C2)cc1)n1cncn1. The molecule has 32 heavy (non-hydrogen) atoms. The molecule has 2 unspecified atom stereocenters. The first kappa shape index (κ1) is 21.7. The lowest BCUT2D eigenvalue weighted by Gasteiger charge is -2.32. The van der Waals surface area contributed by atoms with Crippen molar-refractivity contribution in [1.82, 2.24) is 19.7 Å². The van der Waals surface area contributed by atoms with Crippen LogP contribution < -0.4 is 10.6 Å². The Morgan fingerprint density at radius 1 is 1.06 bits per heavy atom. The molecule has 4 rings (SSSR count). The molecule has 0 aliphatic carbocycles. The number of nitrogens with one attached hydrogen (secondary N) is 2. The Balaban J connectivity index is 1.29. The number of carbonyl (C=O) groups is 2. The quantitative estimate of drug-likeness (QED) is 0.598. The predicted molar refractivity (Wildman–Crippen MR) is 123 cm³/mol. The van der Waals surface area contributed by atoms with E-state index in [9.17, 15) is 9.59 Å². The van der Waals surface area contributed by atoms with Gasteiger partial charge in [-0.1, -0.05) is 30.3 Å². The van der Waals surface area contributed by atoms with Gasteiger partial charge in [-0.3, -0.25) is 14.5 Å². The highest BCUT2D eigenvalue weighted by atomic mass is 16.2. The van der Waals surface area contributed by atoms with Gasteiger partial charge in [0.05, 0.1) is 5.92 Å². The number of hydrogen-bond acceptors (Lipinski definition) is 5. The van der Waals surface area contributed by atoms with Crippen LogP contribution in [-0.2, 0) is 16.1 Å². The zero-order chi connectivity index (χ0) is 22.3. The average Bonchev–Trinajstić information content (AvgIpc) is 3.36. The first-order chi connectivity index (χ1) is 15.6. The number of carbonyl (C=O) groups excluding carboxylic acids is 2. The highest BCUT2D eigenvalue weighted by Gasteiger charge is 2.26. The van der Waals surface area contributed by atoms with Crippen LogP contribution in [0.15, 0.2) is 67.3 Å².